The van der Waals surface area contributed by atoms with Crippen molar-refractivity contribution in [3.05, 3.63) is 71.3 Å². The van der Waals surface area contributed by atoms with E-state index in [9.17, 15) is 20.0 Å². The number of carboxylic acid groups (broad SMARTS) is 1. The Morgan fingerprint density at radius 2 is 1.85 bits per heavy atom. The zero-order valence-electron chi connectivity index (χ0n) is 14.1. The van der Waals surface area contributed by atoms with E-state index in [4.69, 9.17) is 4.74 Å². The van der Waals surface area contributed by atoms with Crippen LogP contribution in [0.4, 0.5) is 0 Å². The van der Waals surface area contributed by atoms with Gasteiger partial charge < -0.3 is 20.0 Å². The van der Waals surface area contributed by atoms with E-state index < -0.39 is 18.5 Å². The van der Waals surface area contributed by atoms with E-state index >= 15 is 0 Å². The molecule has 6 heteroatoms. The van der Waals surface area contributed by atoms with Crippen molar-refractivity contribution < 1.29 is 19.4 Å². The third-order valence-electron chi connectivity index (χ3n) is 3.58. The molecule has 0 heterocycles. The van der Waals surface area contributed by atoms with E-state index in [-0.39, 0.29) is 17.4 Å². The molecule has 0 aliphatic rings. The van der Waals surface area contributed by atoms with E-state index in [0.717, 1.165) is 5.56 Å². The van der Waals surface area contributed by atoms with Gasteiger partial charge in [0.2, 0.25) is 0 Å². The molecule has 0 aliphatic heterocycles. The number of amides is 1. The van der Waals surface area contributed by atoms with Gasteiger partial charge in [0.25, 0.3) is 5.91 Å². The fraction of sp³-hybridized carbons (Fsp3) is 0.150. The van der Waals surface area contributed by atoms with Gasteiger partial charge in [-0.05, 0) is 24.6 Å². The summed E-state index contributed by atoms with van der Waals surface area (Å²) in [6.07, 6.45) is 1.36. The Kier molecular flexibility index (Phi) is 6.52. The monoisotopic (exact) mass is 349 g/mol. The molecule has 0 saturated heterocycles. The van der Waals surface area contributed by atoms with Crippen molar-refractivity contribution in [1.29, 1.82) is 5.26 Å². The van der Waals surface area contributed by atoms with Crippen LogP contribution >= 0.6 is 0 Å². The number of nitrogens with zero attached hydrogens (tertiary/aromatic N) is 1. The largest absolute Gasteiger partial charge is 0.546 e. The predicted octanol–water partition coefficient (Wildman–Crippen LogP) is 1.60. The molecule has 6 nitrogen and oxygen atoms in total. The second kappa shape index (κ2) is 9.04. The normalized spacial score (nSPS) is 11.9. The topological polar surface area (TPSA) is 102 Å². The lowest BCUT2D eigenvalue weighted by Gasteiger charge is -2.14. The Hall–Kier alpha value is -3.59. The summed E-state index contributed by atoms with van der Waals surface area (Å²) in [6.45, 7) is 1.20. The highest BCUT2D eigenvalue weighted by atomic mass is 16.5. The van der Waals surface area contributed by atoms with Gasteiger partial charge in [-0.3, -0.25) is 4.79 Å². The summed E-state index contributed by atoms with van der Waals surface area (Å²) in [6, 6.07) is 17.5. The summed E-state index contributed by atoms with van der Waals surface area (Å²) < 4.78 is 5.13. The van der Waals surface area contributed by atoms with Gasteiger partial charge in [0.1, 0.15) is 24.0 Å². The molecular formula is C20H17N2O4-. The number of carboxylic acids is 1. The van der Waals surface area contributed by atoms with Gasteiger partial charge in [0.05, 0.1) is 12.0 Å². The third kappa shape index (κ3) is 5.21. The molecule has 0 radical (unpaired) electrons. The lowest BCUT2D eigenvalue weighted by Crippen LogP contribution is -2.29. The van der Waals surface area contributed by atoms with Gasteiger partial charge in [-0.2, -0.15) is 5.26 Å². The number of hydrogen-bond acceptors (Lipinski definition) is 5. The van der Waals surface area contributed by atoms with E-state index in [0.29, 0.717) is 5.56 Å². The minimum atomic E-state index is -1.36. The maximum atomic E-state index is 12.4. The molecular weight excluding hydrogens is 332 g/mol. The molecule has 0 aliphatic carbocycles. The molecule has 1 amide bonds. The average Bonchev–Trinajstić information content (AvgIpc) is 2.65. The van der Waals surface area contributed by atoms with Crippen LogP contribution in [-0.4, -0.2) is 18.5 Å². The highest BCUT2D eigenvalue weighted by Gasteiger charge is 2.14. The fourth-order valence-electron chi connectivity index (χ4n) is 2.27. The van der Waals surface area contributed by atoms with Crippen molar-refractivity contribution in [3.8, 4) is 11.8 Å². The number of hydrogen-bond donors (Lipinski definition) is 1. The lowest BCUT2D eigenvalue weighted by atomic mass is 10.1. The summed E-state index contributed by atoms with van der Waals surface area (Å²) in [5, 5.41) is 22.6. The van der Waals surface area contributed by atoms with Gasteiger partial charge in [-0.1, -0.05) is 48.5 Å². The smallest absolute Gasteiger partial charge is 0.262 e. The summed E-state index contributed by atoms with van der Waals surface area (Å²) in [4.78, 5) is 23.0. The maximum absolute atomic E-state index is 12.4. The summed E-state index contributed by atoms with van der Waals surface area (Å²) in [5.74, 6) is -1.65. The average molecular weight is 349 g/mol. The number of benzene rings is 2. The Morgan fingerprint density at radius 1 is 1.19 bits per heavy atom. The minimum Gasteiger partial charge on any atom is -0.546 e. The molecule has 2 aromatic carbocycles. The van der Waals surface area contributed by atoms with Crippen LogP contribution in [0.3, 0.4) is 0 Å². The van der Waals surface area contributed by atoms with Crippen LogP contribution in [0, 0.1) is 11.3 Å². The van der Waals surface area contributed by atoms with E-state index in [1.54, 1.807) is 24.3 Å². The van der Waals surface area contributed by atoms with Crippen molar-refractivity contribution in [3.63, 3.8) is 0 Å². The highest BCUT2D eigenvalue weighted by molar-refractivity contribution is 6.02. The minimum absolute atomic E-state index is 0.114. The first-order chi connectivity index (χ1) is 12.5. The Morgan fingerprint density at radius 3 is 2.50 bits per heavy atom. The second-order valence-electron chi connectivity index (χ2n) is 5.47. The molecule has 2 rings (SSSR count). The molecule has 26 heavy (non-hydrogen) atoms. The molecule has 0 aromatic heterocycles. The molecule has 2 aromatic rings. The van der Waals surface area contributed by atoms with Crippen molar-refractivity contribution in [1.82, 2.24) is 5.32 Å². The molecule has 1 atom stereocenters. The van der Waals surface area contributed by atoms with Crippen LogP contribution in [0.25, 0.3) is 6.08 Å². The van der Waals surface area contributed by atoms with Gasteiger partial charge in [0, 0.05) is 5.56 Å². The lowest BCUT2D eigenvalue weighted by molar-refractivity contribution is -0.307. The van der Waals surface area contributed by atoms with Gasteiger partial charge >= 0.3 is 0 Å². The van der Waals surface area contributed by atoms with Crippen molar-refractivity contribution in [2.45, 2.75) is 13.0 Å². The van der Waals surface area contributed by atoms with Gasteiger partial charge in [0.15, 0.2) is 0 Å². The van der Waals surface area contributed by atoms with Crippen LogP contribution < -0.4 is 15.2 Å². The van der Waals surface area contributed by atoms with Crippen LogP contribution in [0.2, 0.25) is 0 Å². The van der Waals surface area contributed by atoms with Crippen LogP contribution in [0.5, 0.6) is 5.75 Å². The third-order valence-corrected chi connectivity index (χ3v) is 3.58. The molecule has 0 spiro atoms. The van der Waals surface area contributed by atoms with Gasteiger partial charge in [-0.25, -0.2) is 0 Å². The number of aliphatic carboxylic acids is 1. The Labute approximate surface area is 151 Å². The molecule has 0 fully saturated rings. The maximum Gasteiger partial charge on any atom is 0.262 e. The highest BCUT2D eigenvalue weighted by Crippen LogP contribution is 2.21. The van der Waals surface area contributed by atoms with Crippen molar-refractivity contribution >= 4 is 18.0 Å². The standard InChI is InChI=1S/C20H18N2O4/c1-14(15-7-3-2-4-8-15)22-20(25)17(12-21)11-16-9-5-6-10-18(16)26-13-19(23)24/h2-11,14H,13H2,1H3,(H,22,25)(H,23,24)/p-1/b17-11+/t14-/m1/s1. The van der Waals surface area contributed by atoms with Crippen molar-refractivity contribution in [2.24, 2.45) is 0 Å². The van der Waals surface area contributed by atoms with E-state index in [1.807, 2.05) is 43.3 Å². The summed E-state index contributed by atoms with van der Waals surface area (Å²) in [5.41, 5.74) is 1.22. The molecule has 0 unspecified atom stereocenters. The summed E-state index contributed by atoms with van der Waals surface area (Å²) >= 11 is 0. The van der Waals surface area contributed by atoms with Gasteiger partial charge in [-0.15, -0.1) is 0 Å². The molecule has 0 bridgehead atoms. The van der Waals surface area contributed by atoms with E-state index in [1.165, 1.54) is 6.08 Å². The number of carbonyl (C=O) groups is 2. The second-order valence-corrected chi connectivity index (χ2v) is 5.47. The number of nitriles is 1. The number of para-hydroxylation sites is 1. The molecule has 132 valence electrons. The van der Waals surface area contributed by atoms with Crippen LogP contribution in [0.1, 0.15) is 24.1 Å². The van der Waals surface area contributed by atoms with Crippen molar-refractivity contribution in [2.75, 3.05) is 6.61 Å². The zero-order valence-corrected chi connectivity index (χ0v) is 14.1. The first kappa shape index (κ1) is 18.7. The number of rotatable bonds is 7. The first-order valence-corrected chi connectivity index (χ1v) is 7.90. The number of carbonyl (C=O) groups excluding carboxylic acids is 2. The SMILES string of the molecule is C[C@@H](NC(=O)/C(C#N)=C/c1ccccc1OCC(=O)[O-])c1ccccc1. The van der Waals surface area contributed by atoms with E-state index in [2.05, 4.69) is 5.32 Å². The first-order valence-electron chi connectivity index (χ1n) is 7.90. The number of nitrogens with one attached hydrogen (secondary N) is 1. The summed E-state index contributed by atoms with van der Waals surface area (Å²) in [7, 11) is 0. The Balaban J connectivity index is 2.18. The van der Waals surface area contributed by atoms with Crippen LogP contribution in [0.15, 0.2) is 60.2 Å². The Bertz CT molecular complexity index is 854. The quantitative estimate of drug-likeness (QED) is 0.604. The molecule has 0 saturated carbocycles. The molecule has 1 N–H and O–H groups in total. The predicted molar refractivity (Wildman–Crippen MR) is 93.5 cm³/mol. The number of ether oxygens (including phenoxy) is 1. The fourth-order valence-corrected chi connectivity index (χ4v) is 2.27. The zero-order chi connectivity index (χ0) is 18.9. The van der Waals surface area contributed by atoms with Crippen LogP contribution in [-0.2, 0) is 9.59 Å².